The molecule has 20 heavy (non-hydrogen) atoms. The Morgan fingerprint density at radius 2 is 1.90 bits per heavy atom. The molecule has 0 bridgehead atoms. The molecule has 1 aromatic carbocycles. The van der Waals surface area contributed by atoms with E-state index in [-0.39, 0.29) is 17.1 Å². The minimum atomic E-state index is -4.60. The van der Waals surface area contributed by atoms with Crippen molar-refractivity contribution in [1.82, 2.24) is 4.31 Å². The molecule has 9 heteroatoms. The van der Waals surface area contributed by atoms with Crippen LogP contribution >= 0.6 is 12.2 Å². The normalized spacial score (nSPS) is 12.7. The van der Waals surface area contributed by atoms with Crippen LogP contribution in [0.1, 0.15) is 11.1 Å². The third kappa shape index (κ3) is 4.43. The Hall–Kier alpha value is -1.19. The number of benzene rings is 1. The summed E-state index contributed by atoms with van der Waals surface area (Å²) in [6, 6.07) is 4.54. The molecule has 0 aliphatic carbocycles. The minimum absolute atomic E-state index is 0.0554. The molecule has 0 atom stereocenters. The maximum atomic E-state index is 12.8. The highest BCUT2D eigenvalue weighted by molar-refractivity contribution is 7.88. The van der Waals surface area contributed by atoms with Crippen LogP contribution in [-0.2, 0) is 22.0 Å². The highest BCUT2D eigenvalue weighted by atomic mass is 32.2. The van der Waals surface area contributed by atoms with E-state index in [9.17, 15) is 21.6 Å². The van der Waals surface area contributed by atoms with Gasteiger partial charge < -0.3 is 5.73 Å². The van der Waals surface area contributed by atoms with E-state index in [4.69, 9.17) is 5.73 Å². The molecule has 0 aliphatic heterocycles. The number of likely N-dealkylation sites (N-methyl/N-ethyl adjacent to an activating group) is 1. The van der Waals surface area contributed by atoms with E-state index in [2.05, 4.69) is 12.2 Å². The summed E-state index contributed by atoms with van der Waals surface area (Å²) >= 11 is 4.58. The molecule has 0 fully saturated rings. The minimum Gasteiger partial charge on any atom is -0.392 e. The fourth-order valence-electron chi connectivity index (χ4n) is 1.55. The molecule has 0 aliphatic rings. The van der Waals surface area contributed by atoms with Gasteiger partial charge in [-0.3, -0.25) is 0 Å². The second kappa shape index (κ2) is 6.06. The predicted molar refractivity (Wildman–Crippen MR) is 73.5 cm³/mol. The van der Waals surface area contributed by atoms with E-state index in [0.717, 1.165) is 16.4 Å². The highest BCUT2D eigenvalue weighted by Crippen LogP contribution is 2.32. The SMILES string of the molecule is CN(CC(N)=S)S(=O)(=O)Cc1ccccc1C(F)(F)F. The van der Waals surface area contributed by atoms with Crippen LogP contribution in [0.15, 0.2) is 24.3 Å². The molecular weight excluding hydrogens is 313 g/mol. The molecule has 0 amide bonds. The maximum absolute atomic E-state index is 12.8. The van der Waals surface area contributed by atoms with Crippen LogP contribution in [-0.4, -0.2) is 31.3 Å². The van der Waals surface area contributed by atoms with Gasteiger partial charge in [-0.05, 0) is 11.6 Å². The van der Waals surface area contributed by atoms with Crippen molar-refractivity contribution in [3.05, 3.63) is 35.4 Å². The number of hydrogen-bond donors (Lipinski definition) is 1. The van der Waals surface area contributed by atoms with Crippen LogP contribution in [0.3, 0.4) is 0 Å². The van der Waals surface area contributed by atoms with Gasteiger partial charge in [-0.15, -0.1) is 0 Å². The average molecular weight is 326 g/mol. The zero-order valence-corrected chi connectivity index (χ0v) is 12.1. The number of halogens is 3. The summed E-state index contributed by atoms with van der Waals surface area (Å²) in [6.07, 6.45) is -4.60. The van der Waals surface area contributed by atoms with Crippen molar-refractivity contribution in [2.24, 2.45) is 5.73 Å². The maximum Gasteiger partial charge on any atom is 0.416 e. The van der Waals surface area contributed by atoms with Crippen molar-refractivity contribution in [3.8, 4) is 0 Å². The molecule has 0 aromatic heterocycles. The van der Waals surface area contributed by atoms with E-state index in [1.165, 1.54) is 19.2 Å². The smallest absolute Gasteiger partial charge is 0.392 e. The highest BCUT2D eigenvalue weighted by Gasteiger charge is 2.34. The predicted octanol–water partition coefficient (Wildman–Crippen LogP) is 1.75. The van der Waals surface area contributed by atoms with Gasteiger partial charge in [-0.1, -0.05) is 30.4 Å². The van der Waals surface area contributed by atoms with Crippen molar-refractivity contribution in [3.63, 3.8) is 0 Å². The summed E-state index contributed by atoms with van der Waals surface area (Å²) < 4.78 is 63.1. The summed E-state index contributed by atoms with van der Waals surface area (Å²) in [5.74, 6) is -0.762. The Labute approximate surface area is 120 Å². The van der Waals surface area contributed by atoms with Crippen molar-refractivity contribution in [2.75, 3.05) is 13.6 Å². The lowest BCUT2D eigenvalue weighted by atomic mass is 10.1. The van der Waals surface area contributed by atoms with Gasteiger partial charge in [0, 0.05) is 7.05 Å². The van der Waals surface area contributed by atoms with Gasteiger partial charge >= 0.3 is 6.18 Å². The summed E-state index contributed by atoms with van der Waals surface area (Å²) in [4.78, 5) is -0.0554. The Kier molecular flexibility index (Phi) is 5.11. The monoisotopic (exact) mass is 326 g/mol. The van der Waals surface area contributed by atoms with Crippen LogP contribution in [0.25, 0.3) is 0 Å². The number of nitrogens with two attached hydrogens (primary N) is 1. The second-order valence-electron chi connectivity index (χ2n) is 4.13. The van der Waals surface area contributed by atoms with E-state index in [1.54, 1.807) is 0 Å². The summed E-state index contributed by atoms with van der Waals surface area (Å²) in [5.41, 5.74) is 3.95. The van der Waals surface area contributed by atoms with Crippen LogP contribution < -0.4 is 5.73 Å². The Bertz CT molecular complexity index is 600. The Morgan fingerprint density at radius 3 is 2.40 bits per heavy atom. The van der Waals surface area contributed by atoms with E-state index >= 15 is 0 Å². The topological polar surface area (TPSA) is 63.4 Å². The first-order valence-electron chi connectivity index (χ1n) is 5.41. The lowest BCUT2D eigenvalue weighted by molar-refractivity contribution is -0.138. The first kappa shape index (κ1) is 16.9. The van der Waals surface area contributed by atoms with Gasteiger partial charge in [0.25, 0.3) is 0 Å². The third-order valence-corrected chi connectivity index (χ3v) is 4.40. The molecule has 0 unspecified atom stereocenters. The molecule has 0 heterocycles. The first-order valence-corrected chi connectivity index (χ1v) is 7.43. The van der Waals surface area contributed by atoms with Gasteiger partial charge in [0.2, 0.25) is 10.0 Å². The molecular formula is C11H13F3N2O2S2. The first-order chi connectivity index (χ1) is 9.04. The Balaban J connectivity index is 3.08. The van der Waals surface area contributed by atoms with Crippen molar-refractivity contribution < 1.29 is 21.6 Å². The molecule has 0 saturated carbocycles. The van der Waals surface area contributed by atoms with Crippen molar-refractivity contribution in [2.45, 2.75) is 11.9 Å². The van der Waals surface area contributed by atoms with E-state index in [1.807, 2.05) is 0 Å². The van der Waals surface area contributed by atoms with E-state index < -0.39 is 27.5 Å². The molecule has 0 spiro atoms. The quantitative estimate of drug-likeness (QED) is 0.838. The molecule has 0 radical (unpaired) electrons. The van der Waals surface area contributed by atoms with E-state index in [0.29, 0.717) is 0 Å². The standard InChI is InChI=1S/C11H13F3N2O2S2/c1-16(6-10(15)19)20(17,18)7-8-4-2-3-5-9(8)11(12,13)14/h2-5H,6-7H2,1H3,(H2,15,19). The summed E-state index contributed by atoms with van der Waals surface area (Å²) in [6.45, 7) is -0.216. The number of alkyl halides is 3. The molecule has 4 nitrogen and oxygen atoms in total. The number of rotatable bonds is 5. The average Bonchev–Trinajstić information content (AvgIpc) is 2.26. The van der Waals surface area contributed by atoms with Gasteiger partial charge in [-0.2, -0.15) is 17.5 Å². The third-order valence-electron chi connectivity index (χ3n) is 2.51. The van der Waals surface area contributed by atoms with Crippen LogP contribution in [0.5, 0.6) is 0 Å². The van der Waals surface area contributed by atoms with Crippen molar-refractivity contribution >= 4 is 27.2 Å². The van der Waals surface area contributed by atoms with Crippen molar-refractivity contribution in [1.29, 1.82) is 0 Å². The zero-order valence-electron chi connectivity index (χ0n) is 10.5. The Morgan fingerprint density at radius 1 is 1.35 bits per heavy atom. The summed E-state index contributed by atoms with van der Waals surface area (Å²) in [7, 11) is -2.71. The van der Waals surface area contributed by atoms with Crippen LogP contribution in [0, 0.1) is 0 Å². The van der Waals surface area contributed by atoms with Gasteiger partial charge in [0.05, 0.1) is 22.8 Å². The molecule has 112 valence electrons. The second-order valence-corrected chi connectivity index (χ2v) is 6.73. The molecule has 2 N–H and O–H groups in total. The fourth-order valence-corrected chi connectivity index (χ4v) is 3.02. The summed E-state index contributed by atoms with van der Waals surface area (Å²) in [5, 5.41) is 0. The molecule has 0 saturated heterocycles. The largest absolute Gasteiger partial charge is 0.416 e. The van der Waals surface area contributed by atoms with Crippen LogP contribution in [0.2, 0.25) is 0 Å². The van der Waals surface area contributed by atoms with Crippen LogP contribution in [0.4, 0.5) is 13.2 Å². The fraction of sp³-hybridized carbons (Fsp3) is 0.364. The number of thiocarbonyl (C=S) groups is 1. The number of sulfonamides is 1. The zero-order chi connectivity index (χ0) is 15.6. The van der Waals surface area contributed by atoms with Gasteiger partial charge in [0.15, 0.2) is 0 Å². The molecule has 1 rings (SSSR count). The lowest BCUT2D eigenvalue weighted by Crippen LogP contribution is -2.35. The lowest BCUT2D eigenvalue weighted by Gasteiger charge is -2.18. The number of nitrogens with zero attached hydrogens (tertiary/aromatic N) is 1. The van der Waals surface area contributed by atoms with Gasteiger partial charge in [-0.25, -0.2) is 8.42 Å². The number of hydrogen-bond acceptors (Lipinski definition) is 3. The molecule has 1 aromatic rings. The van der Waals surface area contributed by atoms with Gasteiger partial charge in [0.1, 0.15) is 0 Å².